The van der Waals surface area contributed by atoms with Gasteiger partial charge in [-0.3, -0.25) is 4.79 Å². The minimum Gasteiger partial charge on any atom is -0.462 e. The molecule has 0 atom stereocenters. The van der Waals surface area contributed by atoms with Crippen molar-refractivity contribution in [2.24, 2.45) is 11.7 Å². The van der Waals surface area contributed by atoms with Crippen molar-refractivity contribution >= 4 is 17.6 Å². The lowest BCUT2D eigenvalue weighted by Crippen LogP contribution is -2.32. The Balaban J connectivity index is 2.05. The molecule has 1 aliphatic carbocycles. The van der Waals surface area contributed by atoms with E-state index < -0.39 is 5.97 Å². The quantitative estimate of drug-likeness (QED) is 0.834. The van der Waals surface area contributed by atoms with Crippen LogP contribution in [0.3, 0.4) is 0 Å². The van der Waals surface area contributed by atoms with Gasteiger partial charge in [-0.05, 0) is 44.7 Å². The molecule has 5 nitrogen and oxygen atoms in total. The van der Waals surface area contributed by atoms with Gasteiger partial charge in [0.05, 0.1) is 17.9 Å². The molecule has 1 aromatic rings. The highest BCUT2D eigenvalue weighted by Crippen LogP contribution is 2.25. The predicted octanol–water partition coefficient (Wildman–Crippen LogP) is 2.32. The third kappa shape index (κ3) is 4.04. The third-order valence-electron chi connectivity index (χ3n) is 3.82. The standard InChI is InChI=1S/C16H22N2O3/c1-2-21-16(20)13-5-3-4-6-14(13)18-15(19)11-7-9-12(17)10-8-11/h3-6,11-12H,2,7-10,17H2,1H3,(H,18,19). The number of anilines is 1. The molecule has 2 rings (SSSR count). The van der Waals surface area contributed by atoms with Crippen molar-refractivity contribution in [2.75, 3.05) is 11.9 Å². The van der Waals surface area contributed by atoms with Crippen LogP contribution in [-0.2, 0) is 9.53 Å². The molecule has 5 heteroatoms. The second-order valence-electron chi connectivity index (χ2n) is 5.37. The molecule has 1 aromatic carbocycles. The average molecular weight is 290 g/mol. The van der Waals surface area contributed by atoms with Crippen LogP contribution in [0.5, 0.6) is 0 Å². The molecule has 0 aliphatic heterocycles. The average Bonchev–Trinajstić information content (AvgIpc) is 2.48. The molecule has 0 saturated heterocycles. The van der Waals surface area contributed by atoms with Gasteiger partial charge in [0.15, 0.2) is 0 Å². The summed E-state index contributed by atoms with van der Waals surface area (Å²) in [5, 5.41) is 2.85. The summed E-state index contributed by atoms with van der Waals surface area (Å²) in [7, 11) is 0. The van der Waals surface area contributed by atoms with Crippen molar-refractivity contribution in [3.8, 4) is 0 Å². The lowest BCUT2D eigenvalue weighted by molar-refractivity contribution is -0.120. The van der Waals surface area contributed by atoms with Crippen molar-refractivity contribution in [3.05, 3.63) is 29.8 Å². The third-order valence-corrected chi connectivity index (χ3v) is 3.82. The van der Waals surface area contributed by atoms with Gasteiger partial charge in [0.2, 0.25) is 5.91 Å². The van der Waals surface area contributed by atoms with E-state index >= 15 is 0 Å². The molecule has 0 bridgehead atoms. The summed E-state index contributed by atoms with van der Waals surface area (Å²) >= 11 is 0. The Morgan fingerprint density at radius 3 is 2.57 bits per heavy atom. The number of esters is 1. The van der Waals surface area contributed by atoms with Crippen molar-refractivity contribution in [2.45, 2.75) is 38.6 Å². The first-order valence-electron chi connectivity index (χ1n) is 7.44. The molecule has 0 aromatic heterocycles. The molecule has 1 fully saturated rings. The summed E-state index contributed by atoms with van der Waals surface area (Å²) in [4.78, 5) is 24.2. The number of nitrogens with two attached hydrogens (primary N) is 1. The number of carbonyl (C=O) groups is 2. The zero-order valence-corrected chi connectivity index (χ0v) is 12.3. The first kappa shape index (κ1) is 15.5. The lowest BCUT2D eigenvalue weighted by Gasteiger charge is -2.25. The summed E-state index contributed by atoms with van der Waals surface area (Å²) in [5.74, 6) is -0.488. The summed E-state index contributed by atoms with van der Waals surface area (Å²) in [6, 6.07) is 7.13. The van der Waals surface area contributed by atoms with Gasteiger partial charge in [0.1, 0.15) is 0 Å². The van der Waals surface area contributed by atoms with E-state index in [0.717, 1.165) is 25.7 Å². The SMILES string of the molecule is CCOC(=O)c1ccccc1NC(=O)C1CCC(N)CC1. The number of nitrogens with one attached hydrogen (secondary N) is 1. The van der Waals surface area contributed by atoms with E-state index in [-0.39, 0.29) is 17.9 Å². The topological polar surface area (TPSA) is 81.4 Å². The van der Waals surface area contributed by atoms with Gasteiger partial charge in [0.25, 0.3) is 0 Å². The first-order chi connectivity index (χ1) is 10.1. The highest BCUT2D eigenvalue weighted by Gasteiger charge is 2.25. The highest BCUT2D eigenvalue weighted by atomic mass is 16.5. The van der Waals surface area contributed by atoms with Gasteiger partial charge in [-0.1, -0.05) is 12.1 Å². The Kier molecular flexibility index (Phi) is 5.33. The molecule has 114 valence electrons. The Morgan fingerprint density at radius 2 is 1.90 bits per heavy atom. The fourth-order valence-electron chi connectivity index (χ4n) is 2.60. The minimum atomic E-state index is -0.418. The number of rotatable bonds is 4. The van der Waals surface area contributed by atoms with Crippen LogP contribution in [0.4, 0.5) is 5.69 Å². The molecule has 0 unspecified atom stereocenters. The van der Waals surface area contributed by atoms with Crippen LogP contribution in [0.25, 0.3) is 0 Å². The van der Waals surface area contributed by atoms with E-state index in [1.54, 1.807) is 31.2 Å². The maximum atomic E-state index is 12.3. The Hall–Kier alpha value is -1.88. The smallest absolute Gasteiger partial charge is 0.340 e. The molecule has 0 heterocycles. The highest BCUT2D eigenvalue weighted by molar-refractivity contribution is 6.01. The summed E-state index contributed by atoms with van der Waals surface area (Å²) in [6.07, 6.45) is 3.35. The molecule has 1 saturated carbocycles. The number of hydrogen-bond acceptors (Lipinski definition) is 4. The van der Waals surface area contributed by atoms with E-state index in [9.17, 15) is 9.59 Å². The number of benzene rings is 1. The van der Waals surface area contributed by atoms with Crippen LogP contribution >= 0.6 is 0 Å². The number of para-hydroxylation sites is 1. The molecule has 21 heavy (non-hydrogen) atoms. The van der Waals surface area contributed by atoms with Gasteiger partial charge < -0.3 is 15.8 Å². The van der Waals surface area contributed by atoms with E-state index in [1.807, 2.05) is 0 Å². The number of amides is 1. The van der Waals surface area contributed by atoms with Crippen LogP contribution in [0, 0.1) is 5.92 Å². The largest absolute Gasteiger partial charge is 0.462 e. The Labute approximate surface area is 124 Å². The number of carbonyl (C=O) groups excluding carboxylic acids is 2. The van der Waals surface area contributed by atoms with Crippen molar-refractivity contribution in [1.29, 1.82) is 0 Å². The molecule has 0 radical (unpaired) electrons. The number of ether oxygens (including phenoxy) is 1. The van der Waals surface area contributed by atoms with Crippen LogP contribution in [-0.4, -0.2) is 24.5 Å². The molecular formula is C16H22N2O3. The first-order valence-corrected chi connectivity index (χ1v) is 7.44. The Morgan fingerprint density at radius 1 is 1.24 bits per heavy atom. The van der Waals surface area contributed by atoms with Crippen LogP contribution in [0.15, 0.2) is 24.3 Å². The summed E-state index contributed by atoms with van der Waals surface area (Å²) in [6.45, 7) is 2.06. The fourth-order valence-corrected chi connectivity index (χ4v) is 2.60. The van der Waals surface area contributed by atoms with Crippen molar-refractivity contribution < 1.29 is 14.3 Å². The van der Waals surface area contributed by atoms with Gasteiger partial charge in [-0.25, -0.2) is 4.79 Å². The maximum absolute atomic E-state index is 12.3. The molecule has 1 amide bonds. The monoisotopic (exact) mass is 290 g/mol. The van der Waals surface area contributed by atoms with Gasteiger partial charge in [-0.2, -0.15) is 0 Å². The summed E-state index contributed by atoms with van der Waals surface area (Å²) in [5.41, 5.74) is 6.75. The Bertz CT molecular complexity index is 508. The van der Waals surface area contributed by atoms with E-state index in [1.165, 1.54) is 0 Å². The second kappa shape index (κ2) is 7.22. The zero-order chi connectivity index (χ0) is 15.2. The van der Waals surface area contributed by atoms with Crippen LogP contribution < -0.4 is 11.1 Å². The zero-order valence-electron chi connectivity index (χ0n) is 12.3. The number of hydrogen-bond donors (Lipinski definition) is 2. The van der Waals surface area contributed by atoms with E-state index in [0.29, 0.717) is 17.9 Å². The second-order valence-corrected chi connectivity index (χ2v) is 5.37. The molecule has 3 N–H and O–H groups in total. The maximum Gasteiger partial charge on any atom is 0.340 e. The minimum absolute atomic E-state index is 0.0277. The predicted molar refractivity (Wildman–Crippen MR) is 81.0 cm³/mol. The van der Waals surface area contributed by atoms with Gasteiger partial charge >= 0.3 is 5.97 Å². The van der Waals surface area contributed by atoms with Gasteiger partial charge in [-0.15, -0.1) is 0 Å². The van der Waals surface area contributed by atoms with Gasteiger partial charge in [0, 0.05) is 12.0 Å². The molecular weight excluding hydrogens is 268 g/mol. The summed E-state index contributed by atoms with van der Waals surface area (Å²) < 4.78 is 5.00. The van der Waals surface area contributed by atoms with Crippen molar-refractivity contribution in [1.82, 2.24) is 0 Å². The molecule has 1 aliphatic rings. The lowest BCUT2D eigenvalue weighted by atomic mass is 9.86. The van der Waals surface area contributed by atoms with E-state index in [4.69, 9.17) is 10.5 Å². The van der Waals surface area contributed by atoms with Crippen molar-refractivity contribution in [3.63, 3.8) is 0 Å². The van der Waals surface area contributed by atoms with Crippen LogP contribution in [0.2, 0.25) is 0 Å². The van der Waals surface area contributed by atoms with Crippen LogP contribution in [0.1, 0.15) is 43.0 Å². The molecule has 0 spiro atoms. The van der Waals surface area contributed by atoms with E-state index in [2.05, 4.69) is 5.32 Å². The normalized spacial score (nSPS) is 21.6. The fraction of sp³-hybridized carbons (Fsp3) is 0.500.